The van der Waals surface area contributed by atoms with E-state index in [1.807, 2.05) is 0 Å². The van der Waals surface area contributed by atoms with E-state index in [0.717, 1.165) is 6.42 Å². The summed E-state index contributed by atoms with van der Waals surface area (Å²) in [7, 11) is 0. The van der Waals surface area contributed by atoms with Crippen LogP contribution in [0.5, 0.6) is 0 Å². The third-order valence-corrected chi connectivity index (χ3v) is 3.08. The maximum absolute atomic E-state index is 13.7. The van der Waals surface area contributed by atoms with Gasteiger partial charge in [0.25, 0.3) is 5.91 Å². The predicted octanol–water partition coefficient (Wildman–Crippen LogP) is 2.27. The first-order chi connectivity index (χ1) is 7.18. The number of amides is 1. The topological polar surface area (TPSA) is 43.1 Å². The van der Waals surface area contributed by atoms with Gasteiger partial charge in [0, 0.05) is 0 Å². The molecule has 0 radical (unpaired) electrons. The fraction of sp³-hybridized carbons (Fsp3) is 0.417. The molecule has 0 unspecified atom stereocenters. The number of nitrogens with two attached hydrogens (primary N) is 1. The van der Waals surface area contributed by atoms with E-state index in [2.05, 4.69) is 0 Å². The van der Waals surface area contributed by atoms with Gasteiger partial charge in [-0.05, 0) is 24.0 Å². The molecule has 3 heteroatoms. The smallest absolute Gasteiger partial charge is 0.251 e. The SMILES string of the molecule is NC(=O)c1cccc(CC2CCC2)c1F. The van der Waals surface area contributed by atoms with Gasteiger partial charge in [-0.25, -0.2) is 4.39 Å². The molecular formula is C12H14FNO. The fourth-order valence-electron chi connectivity index (χ4n) is 1.94. The number of halogens is 1. The van der Waals surface area contributed by atoms with Crippen LogP contribution in [0, 0.1) is 11.7 Å². The average Bonchev–Trinajstić information content (AvgIpc) is 2.13. The molecule has 1 fully saturated rings. The maximum Gasteiger partial charge on any atom is 0.251 e. The number of hydrogen-bond acceptors (Lipinski definition) is 1. The van der Waals surface area contributed by atoms with Crippen LogP contribution in [0.1, 0.15) is 35.2 Å². The van der Waals surface area contributed by atoms with E-state index >= 15 is 0 Å². The maximum atomic E-state index is 13.7. The second kappa shape index (κ2) is 4.01. The quantitative estimate of drug-likeness (QED) is 0.811. The highest BCUT2D eigenvalue weighted by atomic mass is 19.1. The minimum Gasteiger partial charge on any atom is -0.366 e. The van der Waals surface area contributed by atoms with Gasteiger partial charge in [0.1, 0.15) is 5.82 Å². The molecule has 1 aliphatic rings. The first kappa shape index (κ1) is 10.1. The molecule has 1 aromatic rings. The summed E-state index contributed by atoms with van der Waals surface area (Å²) in [6.45, 7) is 0. The summed E-state index contributed by atoms with van der Waals surface area (Å²) < 4.78 is 13.7. The zero-order valence-corrected chi connectivity index (χ0v) is 8.50. The number of hydrogen-bond donors (Lipinski definition) is 1. The van der Waals surface area contributed by atoms with Crippen LogP contribution in [-0.4, -0.2) is 5.91 Å². The van der Waals surface area contributed by atoms with Gasteiger partial charge in [-0.3, -0.25) is 4.79 Å². The van der Waals surface area contributed by atoms with E-state index < -0.39 is 11.7 Å². The van der Waals surface area contributed by atoms with Crippen LogP contribution in [0.4, 0.5) is 4.39 Å². The Morgan fingerprint density at radius 3 is 2.73 bits per heavy atom. The molecule has 0 aliphatic heterocycles. The van der Waals surface area contributed by atoms with E-state index in [4.69, 9.17) is 5.73 Å². The van der Waals surface area contributed by atoms with Crippen molar-refractivity contribution in [3.63, 3.8) is 0 Å². The lowest BCUT2D eigenvalue weighted by molar-refractivity contribution is 0.0996. The zero-order valence-electron chi connectivity index (χ0n) is 8.50. The Morgan fingerprint density at radius 2 is 2.20 bits per heavy atom. The van der Waals surface area contributed by atoms with E-state index in [1.54, 1.807) is 12.1 Å². The molecule has 80 valence electrons. The lowest BCUT2D eigenvalue weighted by Gasteiger charge is -2.25. The Kier molecular flexibility index (Phi) is 2.71. The fourth-order valence-corrected chi connectivity index (χ4v) is 1.94. The summed E-state index contributed by atoms with van der Waals surface area (Å²) in [6, 6.07) is 4.86. The third kappa shape index (κ3) is 2.01. The number of carbonyl (C=O) groups excluding carboxylic acids is 1. The van der Waals surface area contributed by atoms with Crippen LogP contribution in [0.15, 0.2) is 18.2 Å². The Bertz CT molecular complexity index is 385. The van der Waals surface area contributed by atoms with Crippen molar-refractivity contribution in [3.8, 4) is 0 Å². The van der Waals surface area contributed by atoms with Gasteiger partial charge in [-0.1, -0.05) is 31.4 Å². The zero-order chi connectivity index (χ0) is 10.8. The summed E-state index contributed by atoms with van der Waals surface area (Å²) >= 11 is 0. The van der Waals surface area contributed by atoms with Crippen molar-refractivity contribution in [1.29, 1.82) is 0 Å². The normalized spacial score (nSPS) is 16.1. The largest absolute Gasteiger partial charge is 0.366 e. The van der Waals surface area contributed by atoms with Crippen LogP contribution in [0.3, 0.4) is 0 Å². The van der Waals surface area contributed by atoms with Gasteiger partial charge in [-0.2, -0.15) is 0 Å². The van der Waals surface area contributed by atoms with E-state index in [0.29, 0.717) is 11.5 Å². The third-order valence-electron chi connectivity index (χ3n) is 3.08. The Labute approximate surface area is 88.3 Å². The molecule has 1 amide bonds. The molecule has 0 atom stereocenters. The molecule has 1 aliphatic carbocycles. The van der Waals surface area contributed by atoms with Crippen LogP contribution >= 0.6 is 0 Å². The van der Waals surface area contributed by atoms with Crippen molar-refractivity contribution in [2.24, 2.45) is 11.7 Å². The van der Waals surface area contributed by atoms with Crippen LogP contribution < -0.4 is 5.73 Å². The highest BCUT2D eigenvalue weighted by Gasteiger charge is 2.20. The summed E-state index contributed by atoms with van der Waals surface area (Å²) in [5.74, 6) is -0.539. The minimum atomic E-state index is -0.692. The van der Waals surface area contributed by atoms with Gasteiger partial charge in [0.05, 0.1) is 5.56 Å². The summed E-state index contributed by atoms with van der Waals surface area (Å²) in [5.41, 5.74) is 5.71. The van der Waals surface area contributed by atoms with E-state index in [-0.39, 0.29) is 5.56 Å². The molecule has 2 rings (SSSR count). The van der Waals surface area contributed by atoms with Gasteiger partial charge < -0.3 is 5.73 Å². The second-order valence-electron chi connectivity index (χ2n) is 4.14. The number of carbonyl (C=O) groups is 1. The first-order valence-electron chi connectivity index (χ1n) is 5.25. The highest BCUT2D eigenvalue weighted by Crippen LogP contribution is 2.30. The Hall–Kier alpha value is -1.38. The van der Waals surface area contributed by atoms with Crippen molar-refractivity contribution >= 4 is 5.91 Å². The van der Waals surface area contributed by atoms with Crippen molar-refractivity contribution in [2.75, 3.05) is 0 Å². The average molecular weight is 207 g/mol. The van der Waals surface area contributed by atoms with Crippen molar-refractivity contribution in [3.05, 3.63) is 35.1 Å². The summed E-state index contributed by atoms with van der Waals surface area (Å²) in [4.78, 5) is 10.9. The van der Waals surface area contributed by atoms with Gasteiger partial charge in [0.2, 0.25) is 0 Å². The van der Waals surface area contributed by atoms with Crippen LogP contribution in [-0.2, 0) is 6.42 Å². The molecule has 0 heterocycles. The minimum absolute atomic E-state index is 0.00632. The Morgan fingerprint density at radius 1 is 1.47 bits per heavy atom. The van der Waals surface area contributed by atoms with Crippen molar-refractivity contribution in [1.82, 2.24) is 0 Å². The summed E-state index contributed by atoms with van der Waals surface area (Å²) in [6.07, 6.45) is 4.30. The molecule has 15 heavy (non-hydrogen) atoms. The van der Waals surface area contributed by atoms with Crippen molar-refractivity contribution < 1.29 is 9.18 Å². The predicted molar refractivity (Wildman–Crippen MR) is 56.0 cm³/mol. The molecule has 1 saturated carbocycles. The Balaban J connectivity index is 2.22. The summed E-state index contributed by atoms with van der Waals surface area (Å²) in [5, 5.41) is 0. The lowest BCUT2D eigenvalue weighted by atomic mass is 9.80. The molecule has 1 aromatic carbocycles. The van der Waals surface area contributed by atoms with Crippen LogP contribution in [0.2, 0.25) is 0 Å². The standard InChI is InChI=1S/C12H14FNO/c13-11-9(7-8-3-1-4-8)5-2-6-10(11)12(14)15/h2,5-6,8H,1,3-4,7H2,(H2,14,15). The lowest BCUT2D eigenvalue weighted by Crippen LogP contribution is -2.17. The highest BCUT2D eigenvalue weighted by molar-refractivity contribution is 5.93. The molecule has 0 spiro atoms. The number of benzene rings is 1. The van der Waals surface area contributed by atoms with Gasteiger partial charge in [0.15, 0.2) is 0 Å². The number of rotatable bonds is 3. The van der Waals surface area contributed by atoms with Crippen molar-refractivity contribution in [2.45, 2.75) is 25.7 Å². The monoisotopic (exact) mass is 207 g/mol. The first-order valence-corrected chi connectivity index (χ1v) is 5.25. The van der Waals surface area contributed by atoms with Gasteiger partial charge in [-0.15, -0.1) is 0 Å². The van der Waals surface area contributed by atoms with Gasteiger partial charge >= 0.3 is 0 Å². The molecule has 0 aromatic heterocycles. The number of primary amides is 1. The molecular weight excluding hydrogens is 193 g/mol. The molecule has 2 N–H and O–H groups in total. The second-order valence-corrected chi connectivity index (χ2v) is 4.14. The molecule has 0 bridgehead atoms. The van der Waals surface area contributed by atoms with E-state index in [9.17, 15) is 9.18 Å². The van der Waals surface area contributed by atoms with Crippen LogP contribution in [0.25, 0.3) is 0 Å². The molecule has 0 saturated heterocycles. The van der Waals surface area contributed by atoms with E-state index in [1.165, 1.54) is 25.3 Å². The molecule has 2 nitrogen and oxygen atoms in total.